The van der Waals surface area contributed by atoms with Crippen LogP contribution in [0.4, 0.5) is 0 Å². The van der Waals surface area contributed by atoms with Crippen molar-refractivity contribution < 1.29 is 14.3 Å². The number of carbonyl (C=O) groups excluding carboxylic acids is 2. The fourth-order valence-electron chi connectivity index (χ4n) is 2.42. The number of fused-ring (bicyclic) bond motifs is 1. The number of aromatic nitrogens is 3. The van der Waals surface area contributed by atoms with E-state index in [-0.39, 0.29) is 18.4 Å². The van der Waals surface area contributed by atoms with Gasteiger partial charge >= 0.3 is 5.97 Å². The van der Waals surface area contributed by atoms with Crippen molar-refractivity contribution >= 4 is 11.9 Å². The maximum absolute atomic E-state index is 12.5. The molecule has 114 valence electrons. The third-order valence-electron chi connectivity index (χ3n) is 3.46. The van der Waals surface area contributed by atoms with Gasteiger partial charge in [0.25, 0.3) is 5.91 Å². The molecule has 1 aliphatic rings. The summed E-state index contributed by atoms with van der Waals surface area (Å²) in [7, 11) is 0. The van der Waals surface area contributed by atoms with E-state index in [0.717, 1.165) is 11.4 Å². The number of hydrogen-bond acceptors (Lipinski definition) is 5. The second-order valence-electron chi connectivity index (χ2n) is 4.93. The van der Waals surface area contributed by atoms with Crippen LogP contribution in [0.1, 0.15) is 23.0 Å². The lowest BCUT2D eigenvalue weighted by atomic mass is 10.1. The molecule has 7 heteroatoms. The van der Waals surface area contributed by atoms with E-state index < -0.39 is 0 Å². The summed E-state index contributed by atoms with van der Waals surface area (Å²) in [6.45, 7) is 2.50. The molecule has 2 aromatic rings. The van der Waals surface area contributed by atoms with Crippen molar-refractivity contribution in [1.29, 1.82) is 0 Å². The van der Waals surface area contributed by atoms with Crippen LogP contribution in [0.3, 0.4) is 0 Å². The molecule has 0 radical (unpaired) electrons. The average Bonchev–Trinajstić information content (AvgIpc) is 2.96. The Kier molecular flexibility index (Phi) is 3.86. The Morgan fingerprint density at radius 1 is 1.45 bits per heavy atom. The highest BCUT2D eigenvalue weighted by Gasteiger charge is 2.29. The number of ether oxygens (including phenoxy) is 1. The second kappa shape index (κ2) is 5.97. The second-order valence-corrected chi connectivity index (χ2v) is 4.93. The van der Waals surface area contributed by atoms with Crippen LogP contribution in [0.5, 0.6) is 0 Å². The van der Waals surface area contributed by atoms with Crippen LogP contribution in [0.15, 0.2) is 30.7 Å². The first kappa shape index (κ1) is 14.2. The van der Waals surface area contributed by atoms with E-state index in [4.69, 9.17) is 4.74 Å². The molecular weight excluding hydrogens is 284 g/mol. The third-order valence-corrected chi connectivity index (χ3v) is 3.46. The smallest absolute Gasteiger partial charge is 0.325 e. The Morgan fingerprint density at radius 3 is 3.05 bits per heavy atom. The number of carbonyl (C=O) groups is 2. The van der Waals surface area contributed by atoms with Gasteiger partial charge in [-0.25, -0.2) is 4.68 Å². The summed E-state index contributed by atoms with van der Waals surface area (Å²) in [5.74, 6) is -0.580. The lowest BCUT2D eigenvalue weighted by molar-refractivity contribution is -0.143. The SMILES string of the molecule is CCOC(=O)CN1CCc2nn(-c3cccnc3)cc2C1=O. The van der Waals surface area contributed by atoms with Crippen LogP contribution < -0.4 is 0 Å². The van der Waals surface area contributed by atoms with E-state index >= 15 is 0 Å². The molecule has 2 aromatic heterocycles. The molecule has 0 N–H and O–H groups in total. The van der Waals surface area contributed by atoms with Gasteiger partial charge in [-0.1, -0.05) is 0 Å². The summed E-state index contributed by atoms with van der Waals surface area (Å²) in [5.41, 5.74) is 2.06. The largest absolute Gasteiger partial charge is 0.465 e. The lowest BCUT2D eigenvalue weighted by Gasteiger charge is -2.24. The molecule has 1 amide bonds. The predicted octanol–water partition coefficient (Wildman–Crippen LogP) is 0.829. The number of esters is 1. The van der Waals surface area contributed by atoms with Crippen LogP contribution in [0.2, 0.25) is 0 Å². The highest BCUT2D eigenvalue weighted by atomic mass is 16.5. The van der Waals surface area contributed by atoms with Crippen LogP contribution in [-0.2, 0) is 16.0 Å². The Bertz CT molecular complexity index is 696. The standard InChI is InChI=1S/C15H16N4O3/c1-2-22-14(20)10-18-7-5-13-12(15(18)21)9-19(17-13)11-4-3-6-16-8-11/h3-4,6,8-9H,2,5,7,10H2,1H3. The van der Waals surface area contributed by atoms with Gasteiger partial charge in [0.2, 0.25) is 0 Å². The predicted molar refractivity (Wildman–Crippen MR) is 77.6 cm³/mol. The van der Waals surface area contributed by atoms with Gasteiger partial charge in [0.05, 0.1) is 29.7 Å². The first-order valence-electron chi connectivity index (χ1n) is 7.13. The molecule has 22 heavy (non-hydrogen) atoms. The van der Waals surface area contributed by atoms with Crippen molar-refractivity contribution in [2.45, 2.75) is 13.3 Å². The van der Waals surface area contributed by atoms with Gasteiger partial charge in [0, 0.05) is 25.4 Å². The molecule has 1 aliphatic heterocycles. The summed E-state index contributed by atoms with van der Waals surface area (Å²) in [6.07, 6.45) is 5.66. The molecule has 3 heterocycles. The molecule has 0 aromatic carbocycles. The molecule has 0 aliphatic carbocycles. The minimum Gasteiger partial charge on any atom is -0.465 e. The first-order chi connectivity index (χ1) is 10.7. The van der Waals surface area contributed by atoms with Crippen LogP contribution in [0, 0.1) is 0 Å². The maximum Gasteiger partial charge on any atom is 0.325 e. The summed E-state index contributed by atoms with van der Waals surface area (Å²) in [6, 6.07) is 3.68. The molecule has 0 fully saturated rings. The zero-order valence-corrected chi connectivity index (χ0v) is 12.2. The van der Waals surface area contributed by atoms with Gasteiger partial charge in [-0.15, -0.1) is 0 Å². The van der Waals surface area contributed by atoms with Crippen molar-refractivity contribution in [3.05, 3.63) is 42.0 Å². The topological polar surface area (TPSA) is 77.3 Å². The van der Waals surface area contributed by atoms with Crippen LogP contribution in [-0.4, -0.2) is 51.2 Å². The third kappa shape index (κ3) is 2.69. The Balaban J connectivity index is 1.81. The van der Waals surface area contributed by atoms with Gasteiger partial charge in [0.15, 0.2) is 0 Å². The molecule has 0 spiro atoms. The zero-order chi connectivity index (χ0) is 15.5. The molecular formula is C15H16N4O3. The summed E-state index contributed by atoms with van der Waals surface area (Å²) in [5, 5.41) is 4.43. The molecule has 0 saturated carbocycles. The quantitative estimate of drug-likeness (QED) is 0.782. The van der Waals surface area contributed by atoms with Gasteiger partial charge in [-0.05, 0) is 19.1 Å². The monoisotopic (exact) mass is 300 g/mol. The van der Waals surface area contributed by atoms with Gasteiger partial charge in [-0.2, -0.15) is 5.10 Å². The van der Waals surface area contributed by atoms with Crippen LogP contribution in [0.25, 0.3) is 5.69 Å². The summed E-state index contributed by atoms with van der Waals surface area (Å²) >= 11 is 0. The van der Waals surface area contributed by atoms with E-state index in [0.29, 0.717) is 25.1 Å². The molecule has 0 unspecified atom stereocenters. The van der Waals surface area contributed by atoms with Crippen molar-refractivity contribution in [1.82, 2.24) is 19.7 Å². The normalized spacial score (nSPS) is 13.9. The van der Waals surface area contributed by atoms with Crippen molar-refractivity contribution in [2.75, 3.05) is 19.7 Å². The minimum absolute atomic E-state index is 0.0236. The van der Waals surface area contributed by atoms with Crippen molar-refractivity contribution in [3.8, 4) is 5.69 Å². The Labute approximate surface area is 127 Å². The number of nitrogens with zero attached hydrogens (tertiary/aromatic N) is 4. The number of amides is 1. The number of rotatable bonds is 4. The van der Waals surface area contributed by atoms with Gasteiger partial charge < -0.3 is 9.64 Å². The highest BCUT2D eigenvalue weighted by Crippen LogP contribution is 2.19. The van der Waals surface area contributed by atoms with Crippen molar-refractivity contribution in [2.24, 2.45) is 0 Å². The first-order valence-corrected chi connectivity index (χ1v) is 7.13. The van der Waals surface area contributed by atoms with Crippen LogP contribution >= 0.6 is 0 Å². The Morgan fingerprint density at radius 2 is 2.32 bits per heavy atom. The van der Waals surface area contributed by atoms with Gasteiger partial charge in [-0.3, -0.25) is 14.6 Å². The lowest BCUT2D eigenvalue weighted by Crippen LogP contribution is -2.41. The van der Waals surface area contributed by atoms with Crippen molar-refractivity contribution in [3.63, 3.8) is 0 Å². The zero-order valence-electron chi connectivity index (χ0n) is 12.2. The summed E-state index contributed by atoms with van der Waals surface area (Å²) < 4.78 is 6.54. The molecule has 0 bridgehead atoms. The highest BCUT2D eigenvalue weighted by molar-refractivity contribution is 5.97. The van der Waals surface area contributed by atoms with E-state index in [9.17, 15) is 9.59 Å². The maximum atomic E-state index is 12.5. The fourth-order valence-corrected chi connectivity index (χ4v) is 2.42. The molecule has 3 rings (SSSR count). The van der Waals surface area contributed by atoms with Gasteiger partial charge in [0.1, 0.15) is 6.54 Å². The Hall–Kier alpha value is -2.70. The molecule has 7 nitrogen and oxygen atoms in total. The van der Waals surface area contributed by atoms with E-state index in [1.165, 1.54) is 4.90 Å². The molecule has 0 saturated heterocycles. The molecule has 0 atom stereocenters. The van der Waals surface area contributed by atoms with E-state index in [1.54, 1.807) is 30.2 Å². The minimum atomic E-state index is -0.390. The fraction of sp³-hybridized carbons (Fsp3) is 0.333. The number of pyridine rings is 1. The van der Waals surface area contributed by atoms with E-state index in [1.807, 2.05) is 12.1 Å². The van der Waals surface area contributed by atoms with E-state index in [2.05, 4.69) is 10.1 Å². The summed E-state index contributed by atoms with van der Waals surface area (Å²) in [4.78, 5) is 29.5. The average molecular weight is 300 g/mol. The number of hydrogen-bond donors (Lipinski definition) is 0.